The van der Waals surface area contributed by atoms with Crippen LogP contribution in [0.25, 0.3) is 5.82 Å². The molecule has 0 spiro atoms. The molecule has 2 heterocycles. The van der Waals surface area contributed by atoms with Gasteiger partial charge in [-0.3, -0.25) is 0 Å². The van der Waals surface area contributed by atoms with Gasteiger partial charge in [0.15, 0.2) is 5.82 Å². The fraction of sp³-hybridized carbons (Fsp3) is 0. The van der Waals surface area contributed by atoms with Crippen LogP contribution in [0.15, 0.2) is 31.0 Å². The summed E-state index contributed by atoms with van der Waals surface area (Å²) < 4.78 is 1.58. The maximum absolute atomic E-state index is 4.05. The van der Waals surface area contributed by atoms with Gasteiger partial charge < -0.3 is 0 Å². The molecule has 0 aliphatic rings. The number of aromatic nitrogens is 4. The van der Waals surface area contributed by atoms with Crippen molar-refractivity contribution in [2.45, 2.75) is 0 Å². The number of hydrogen-bond acceptors (Lipinski definition) is 3. The fourth-order valence-electron chi connectivity index (χ4n) is 0.768. The van der Waals surface area contributed by atoms with E-state index in [9.17, 15) is 0 Å². The Hall–Kier alpha value is -1.71. The van der Waals surface area contributed by atoms with Crippen LogP contribution in [0, 0.1) is 6.07 Å². The number of hydrogen-bond donors (Lipinski definition) is 0. The molecule has 0 N–H and O–H groups in total. The Kier molecular flexibility index (Phi) is 1.37. The first-order chi connectivity index (χ1) is 5.47. The lowest BCUT2D eigenvalue weighted by atomic mass is 10.5. The van der Waals surface area contributed by atoms with Gasteiger partial charge >= 0.3 is 0 Å². The van der Waals surface area contributed by atoms with E-state index in [0.717, 1.165) is 5.82 Å². The van der Waals surface area contributed by atoms with Gasteiger partial charge in [-0.25, -0.2) is 14.6 Å². The zero-order valence-electron chi connectivity index (χ0n) is 5.68. The van der Waals surface area contributed by atoms with Crippen LogP contribution in [-0.4, -0.2) is 19.7 Å². The molecule has 53 valence electrons. The highest BCUT2D eigenvalue weighted by Gasteiger charge is 1.93. The topological polar surface area (TPSA) is 43.6 Å². The largest absolute Gasteiger partial charge is 0.237 e. The van der Waals surface area contributed by atoms with Crippen LogP contribution in [0.2, 0.25) is 0 Å². The Bertz CT molecular complexity index is 313. The first-order valence-electron chi connectivity index (χ1n) is 3.14. The quantitative estimate of drug-likeness (QED) is 0.585. The molecule has 11 heavy (non-hydrogen) atoms. The average Bonchev–Trinajstić information content (AvgIpc) is 2.58. The SMILES string of the molecule is [c]1ccnc(-n2cncn2)c1. The minimum absolute atomic E-state index is 0.727. The van der Waals surface area contributed by atoms with Crippen molar-refractivity contribution >= 4 is 0 Å². The van der Waals surface area contributed by atoms with Crippen molar-refractivity contribution < 1.29 is 0 Å². The van der Waals surface area contributed by atoms with Crippen LogP contribution in [0.4, 0.5) is 0 Å². The van der Waals surface area contributed by atoms with E-state index >= 15 is 0 Å². The van der Waals surface area contributed by atoms with Crippen molar-refractivity contribution in [1.82, 2.24) is 19.7 Å². The summed E-state index contributed by atoms with van der Waals surface area (Å²) in [7, 11) is 0. The van der Waals surface area contributed by atoms with Crippen LogP contribution in [-0.2, 0) is 0 Å². The van der Waals surface area contributed by atoms with E-state index in [4.69, 9.17) is 0 Å². The minimum atomic E-state index is 0.727. The molecule has 0 saturated heterocycles. The van der Waals surface area contributed by atoms with Crippen LogP contribution in [0.3, 0.4) is 0 Å². The predicted molar refractivity (Wildman–Crippen MR) is 38.0 cm³/mol. The summed E-state index contributed by atoms with van der Waals surface area (Å²) in [5.74, 6) is 0.727. The average molecular weight is 145 g/mol. The van der Waals surface area contributed by atoms with Crippen molar-refractivity contribution in [2.75, 3.05) is 0 Å². The third kappa shape index (κ3) is 1.10. The molecule has 0 unspecified atom stereocenters. The number of rotatable bonds is 1. The molecule has 4 heteroatoms. The van der Waals surface area contributed by atoms with Crippen molar-refractivity contribution in [3.63, 3.8) is 0 Å². The van der Waals surface area contributed by atoms with Gasteiger partial charge in [0.1, 0.15) is 12.7 Å². The normalized spacial score (nSPS) is 9.82. The van der Waals surface area contributed by atoms with Crippen molar-refractivity contribution in [1.29, 1.82) is 0 Å². The van der Waals surface area contributed by atoms with Gasteiger partial charge in [0.2, 0.25) is 0 Å². The van der Waals surface area contributed by atoms with E-state index in [1.54, 1.807) is 29.3 Å². The summed E-state index contributed by atoms with van der Waals surface area (Å²) in [6, 6.07) is 6.38. The second-order valence-electron chi connectivity index (χ2n) is 1.95. The zero-order valence-corrected chi connectivity index (χ0v) is 5.68. The molecule has 0 bridgehead atoms. The molecule has 4 nitrogen and oxygen atoms in total. The number of pyridine rings is 1. The zero-order chi connectivity index (χ0) is 7.52. The van der Waals surface area contributed by atoms with Crippen LogP contribution in [0.5, 0.6) is 0 Å². The van der Waals surface area contributed by atoms with Gasteiger partial charge in [-0.1, -0.05) is 0 Å². The van der Waals surface area contributed by atoms with E-state index in [0.29, 0.717) is 0 Å². The summed E-state index contributed by atoms with van der Waals surface area (Å²) in [5.41, 5.74) is 0. The first kappa shape index (κ1) is 6.03. The molecule has 2 rings (SSSR count). The van der Waals surface area contributed by atoms with E-state index in [-0.39, 0.29) is 0 Å². The van der Waals surface area contributed by atoms with Gasteiger partial charge in [0.05, 0.1) is 0 Å². The molecular formula is C7H5N4. The summed E-state index contributed by atoms with van der Waals surface area (Å²) in [6.07, 6.45) is 4.72. The van der Waals surface area contributed by atoms with E-state index in [1.165, 1.54) is 6.33 Å². The maximum Gasteiger partial charge on any atom is 0.155 e. The van der Waals surface area contributed by atoms with Gasteiger partial charge in [0.25, 0.3) is 0 Å². The second kappa shape index (κ2) is 2.49. The first-order valence-corrected chi connectivity index (χ1v) is 3.14. The number of nitrogens with zero attached hydrogens (tertiary/aromatic N) is 4. The predicted octanol–water partition coefficient (Wildman–Crippen LogP) is 0.462. The monoisotopic (exact) mass is 145 g/mol. The Labute approximate surface area is 63.5 Å². The molecule has 0 aliphatic heterocycles. The maximum atomic E-state index is 4.05. The fourth-order valence-corrected chi connectivity index (χ4v) is 0.768. The highest BCUT2D eigenvalue weighted by atomic mass is 15.3. The van der Waals surface area contributed by atoms with Crippen LogP contribution >= 0.6 is 0 Å². The van der Waals surface area contributed by atoms with E-state index < -0.39 is 0 Å². The third-order valence-electron chi connectivity index (χ3n) is 1.24. The lowest BCUT2D eigenvalue weighted by Crippen LogP contribution is -1.95. The van der Waals surface area contributed by atoms with Gasteiger partial charge in [0, 0.05) is 6.20 Å². The second-order valence-corrected chi connectivity index (χ2v) is 1.95. The van der Waals surface area contributed by atoms with Crippen molar-refractivity contribution in [2.24, 2.45) is 0 Å². The highest BCUT2D eigenvalue weighted by Crippen LogP contribution is 1.96. The summed E-state index contributed by atoms with van der Waals surface area (Å²) in [5, 5.41) is 3.91. The summed E-state index contributed by atoms with van der Waals surface area (Å²) in [4.78, 5) is 7.85. The molecule has 0 aromatic carbocycles. The molecular weight excluding hydrogens is 140 g/mol. The molecule has 0 aliphatic carbocycles. The lowest BCUT2D eigenvalue weighted by Gasteiger charge is -1.94. The van der Waals surface area contributed by atoms with Crippen LogP contribution < -0.4 is 0 Å². The summed E-state index contributed by atoms with van der Waals surface area (Å²) >= 11 is 0. The van der Waals surface area contributed by atoms with E-state index in [1.807, 2.05) is 0 Å². The molecule has 0 atom stereocenters. The molecule has 2 aromatic rings. The molecule has 2 aromatic heterocycles. The highest BCUT2D eigenvalue weighted by molar-refractivity contribution is 5.17. The standard InChI is InChI=1S/C7H5N4/c1-2-4-9-7(3-1)11-6-8-5-10-11/h2-6H. The molecule has 0 saturated carbocycles. The van der Waals surface area contributed by atoms with Gasteiger partial charge in [-0.15, -0.1) is 0 Å². The Balaban J connectivity index is 2.46. The third-order valence-corrected chi connectivity index (χ3v) is 1.24. The summed E-state index contributed by atoms with van der Waals surface area (Å²) in [6.45, 7) is 0. The van der Waals surface area contributed by atoms with E-state index in [2.05, 4.69) is 21.1 Å². The molecule has 0 fully saturated rings. The van der Waals surface area contributed by atoms with Crippen molar-refractivity contribution in [3.8, 4) is 5.82 Å². The smallest absolute Gasteiger partial charge is 0.155 e. The van der Waals surface area contributed by atoms with Crippen LogP contribution in [0.1, 0.15) is 0 Å². The van der Waals surface area contributed by atoms with Gasteiger partial charge in [-0.05, 0) is 18.2 Å². The Morgan fingerprint density at radius 3 is 3.09 bits per heavy atom. The van der Waals surface area contributed by atoms with Crippen molar-refractivity contribution in [3.05, 3.63) is 37.1 Å². The Morgan fingerprint density at radius 1 is 1.45 bits per heavy atom. The Morgan fingerprint density at radius 2 is 2.45 bits per heavy atom. The molecule has 1 radical (unpaired) electrons. The minimum Gasteiger partial charge on any atom is -0.237 e. The molecule has 0 amide bonds. The van der Waals surface area contributed by atoms with Gasteiger partial charge in [-0.2, -0.15) is 5.10 Å². The lowest BCUT2D eigenvalue weighted by molar-refractivity contribution is 0.845.